The van der Waals surface area contributed by atoms with Crippen LogP contribution in [0.2, 0.25) is 0 Å². The van der Waals surface area contributed by atoms with E-state index in [0.717, 1.165) is 6.26 Å². The number of aliphatic hydroxyl groups is 1. The Hall–Kier alpha value is -1.31. The average Bonchev–Trinajstić information content (AvgIpc) is 2.34. The van der Waals surface area contributed by atoms with E-state index >= 15 is 0 Å². The summed E-state index contributed by atoms with van der Waals surface area (Å²) in [5, 5.41) is 9.06. The van der Waals surface area contributed by atoms with Gasteiger partial charge in [0.2, 0.25) is 0 Å². The lowest BCUT2D eigenvalue weighted by Crippen LogP contribution is -2.16. The van der Waals surface area contributed by atoms with Crippen LogP contribution in [0.15, 0.2) is 17.0 Å². The highest BCUT2D eigenvalue weighted by Crippen LogP contribution is 2.39. The molecule has 0 saturated carbocycles. The van der Waals surface area contributed by atoms with E-state index in [1.54, 1.807) is 0 Å². The number of aliphatic hydroxyl groups excluding tert-OH is 1. The fourth-order valence-corrected chi connectivity index (χ4v) is 2.47. The lowest BCUT2D eigenvalue weighted by molar-refractivity contribution is 0.262. The van der Waals surface area contributed by atoms with Gasteiger partial charge in [-0.25, -0.2) is 8.42 Å². The van der Waals surface area contributed by atoms with E-state index in [9.17, 15) is 8.42 Å². The van der Waals surface area contributed by atoms with Crippen LogP contribution in [0.5, 0.6) is 11.5 Å². The second-order valence-electron chi connectivity index (χ2n) is 3.78. The molecule has 0 aliphatic carbocycles. The first-order valence-electron chi connectivity index (χ1n) is 5.18. The van der Waals surface area contributed by atoms with Gasteiger partial charge in [0.1, 0.15) is 4.90 Å². The third kappa shape index (κ3) is 2.74. The molecule has 0 amide bonds. The number of hydrogen-bond donors (Lipinski definition) is 2. The first-order valence-corrected chi connectivity index (χ1v) is 7.07. The zero-order valence-corrected chi connectivity index (χ0v) is 11.3. The molecule has 0 heterocycles. The van der Waals surface area contributed by atoms with Crippen molar-refractivity contribution in [2.45, 2.75) is 10.9 Å². The number of benzene rings is 1. The lowest BCUT2D eigenvalue weighted by atomic mass is 10.1. The van der Waals surface area contributed by atoms with Gasteiger partial charge in [0.15, 0.2) is 21.3 Å². The molecule has 6 nitrogen and oxygen atoms in total. The van der Waals surface area contributed by atoms with Gasteiger partial charge in [-0.1, -0.05) is 6.07 Å². The van der Waals surface area contributed by atoms with Crippen molar-refractivity contribution in [3.05, 3.63) is 17.7 Å². The molecular weight excluding hydrogens is 258 g/mol. The van der Waals surface area contributed by atoms with E-state index in [4.69, 9.17) is 20.3 Å². The van der Waals surface area contributed by atoms with Gasteiger partial charge in [-0.05, 0) is 6.07 Å². The van der Waals surface area contributed by atoms with Crippen molar-refractivity contribution in [2.24, 2.45) is 5.73 Å². The van der Waals surface area contributed by atoms with Crippen LogP contribution >= 0.6 is 0 Å². The van der Waals surface area contributed by atoms with E-state index in [1.807, 2.05) is 0 Å². The zero-order chi connectivity index (χ0) is 13.9. The van der Waals surface area contributed by atoms with E-state index in [-0.39, 0.29) is 23.0 Å². The summed E-state index contributed by atoms with van der Waals surface area (Å²) in [6, 6.07) is 2.24. The Labute approximate surface area is 106 Å². The predicted octanol–water partition coefficient (Wildman–Crippen LogP) is 0.0994. The Morgan fingerprint density at radius 3 is 2.22 bits per heavy atom. The van der Waals surface area contributed by atoms with E-state index in [1.165, 1.54) is 26.4 Å². The lowest BCUT2D eigenvalue weighted by Gasteiger charge is -2.18. The standard InChI is InChI=1S/C11H17NO5S/c1-16-10-7(8(12)6-13)4-5-9(11(10)17-2)18(3,14)15/h4-5,8,13H,6,12H2,1-3H3. The molecule has 18 heavy (non-hydrogen) atoms. The van der Waals surface area contributed by atoms with Crippen LogP contribution in [-0.4, -0.2) is 40.6 Å². The Balaban J connectivity index is 3.56. The van der Waals surface area contributed by atoms with Crippen LogP contribution in [0.25, 0.3) is 0 Å². The molecule has 0 aliphatic heterocycles. The van der Waals surface area contributed by atoms with Crippen LogP contribution in [0.3, 0.4) is 0 Å². The molecule has 3 N–H and O–H groups in total. The van der Waals surface area contributed by atoms with Crippen molar-refractivity contribution >= 4 is 9.84 Å². The number of hydrogen-bond acceptors (Lipinski definition) is 6. The van der Waals surface area contributed by atoms with Crippen LogP contribution in [-0.2, 0) is 9.84 Å². The van der Waals surface area contributed by atoms with Crippen molar-refractivity contribution < 1.29 is 23.0 Å². The molecule has 1 aromatic rings. The van der Waals surface area contributed by atoms with Crippen molar-refractivity contribution in [3.63, 3.8) is 0 Å². The van der Waals surface area contributed by atoms with E-state index in [0.29, 0.717) is 5.56 Å². The first kappa shape index (κ1) is 14.7. The summed E-state index contributed by atoms with van der Waals surface area (Å²) in [4.78, 5) is 0.0238. The van der Waals surface area contributed by atoms with Crippen LogP contribution in [0.1, 0.15) is 11.6 Å². The minimum Gasteiger partial charge on any atom is -0.492 e. The third-order valence-corrected chi connectivity index (χ3v) is 3.63. The SMILES string of the molecule is COc1c(C(N)CO)ccc(S(C)(=O)=O)c1OC. The number of nitrogens with two attached hydrogens (primary N) is 1. The number of methoxy groups -OCH3 is 2. The Morgan fingerprint density at radius 2 is 1.83 bits per heavy atom. The van der Waals surface area contributed by atoms with Crippen LogP contribution < -0.4 is 15.2 Å². The van der Waals surface area contributed by atoms with Crippen molar-refractivity contribution in [3.8, 4) is 11.5 Å². The number of ether oxygens (including phenoxy) is 2. The summed E-state index contributed by atoms with van der Waals surface area (Å²) in [5.41, 5.74) is 6.21. The predicted molar refractivity (Wildman–Crippen MR) is 66.7 cm³/mol. The van der Waals surface area contributed by atoms with Crippen molar-refractivity contribution in [1.29, 1.82) is 0 Å². The van der Waals surface area contributed by atoms with Gasteiger partial charge in [-0.15, -0.1) is 0 Å². The second-order valence-corrected chi connectivity index (χ2v) is 5.76. The second kappa shape index (κ2) is 5.55. The summed E-state index contributed by atoms with van der Waals surface area (Å²) >= 11 is 0. The molecule has 1 rings (SSSR count). The molecule has 0 spiro atoms. The molecule has 0 radical (unpaired) electrons. The topological polar surface area (TPSA) is 98.9 Å². The largest absolute Gasteiger partial charge is 0.492 e. The monoisotopic (exact) mass is 275 g/mol. The average molecular weight is 275 g/mol. The Bertz CT molecular complexity index is 526. The summed E-state index contributed by atoms with van der Waals surface area (Å²) in [6.45, 7) is -0.280. The molecule has 1 atom stereocenters. The fraction of sp³-hybridized carbons (Fsp3) is 0.455. The fourth-order valence-electron chi connectivity index (χ4n) is 1.65. The molecule has 1 unspecified atom stereocenters. The zero-order valence-electron chi connectivity index (χ0n) is 10.5. The molecule has 0 saturated heterocycles. The van der Waals surface area contributed by atoms with Crippen molar-refractivity contribution in [1.82, 2.24) is 0 Å². The third-order valence-electron chi connectivity index (χ3n) is 2.51. The molecule has 1 aromatic carbocycles. The van der Waals surface area contributed by atoms with Gasteiger partial charge in [-0.2, -0.15) is 0 Å². The van der Waals surface area contributed by atoms with Crippen LogP contribution in [0, 0.1) is 0 Å². The molecule has 7 heteroatoms. The molecule has 102 valence electrons. The van der Waals surface area contributed by atoms with Crippen molar-refractivity contribution in [2.75, 3.05) is 27.1 Å². The summed E-state index contributed by atoms with van der Waals surface area (Å²) in [6.07, 6.45) is 1.08. The first-order chi connectivity index (χ1) is 8.36. The van der Waals surface area contributed by atoms with Gasteiger partial charge < -0.3 is 20.3 Å². The van der Waals surface area contributed by atoms with Gasteiger partial charge in [0.05, 0.1) is 26.9 Å². The number of rotatable bonds is 5. The maximum absolute atomic E-state index is 11.6. The molecular formula is C11H17NO5S. The van der Waals surface area contributed by atoms with E-state index < -0.39 is 15.9 Å². The van der Waals surface area contributed by atoms with Gasteiger partial charge >= 0.3 is 0 Å². The summed E-state index contributed by atoms with van der Waals surface area (Å²) in [5.74, 6) is 0.323. The number of sulfone groups is 1. The minimum atomic E-state index is -3.44. The molecule has 0 aromatic heterocycles. The maximum Gasteiger partial charge on any atom is 0.179 e. The van der Waals surface area contributed by atoms with Gasteiger partial charge in [0.25, 0.3) is 0 Å². The Kier molecular flexibility index (Phi) is 4.55. The maximum atomic E-state index is 11.6. The normalized spacial score (nSPS) is 13.2. The summed E-state index contributed by atoms with van der Waals surface area (Å²) < 4.78 is 33.5. The summed E-state index contributed by atoms with van der Waals surface area (Å²) in [7, 11) is -0.701. The smallest absolute Gasteiger partial charge is 0.179 e. The highest BCUT2D eigenvalue weighted by Gasteiger charge is 2.23. The molecule has 0 aliphatic rings. The van der Waals surface area contributed by atoms with Crippen LogP contribution in [0.4, 0.5) is 0 Å². The highest BCUT2D eigenvalue weighted by molar-refractivity contribution is 7.90. The molecule has 0 bridgehead atoms. The van der Waals surface area contributed by atoms with Gasteiger partial charge in [0, 0.05) is 11.8 Å². The van der Waals surface area contributed by atoms with Gasteiger partial charge in [-0.3, -0.25) is 0 Å². The van der Waals surface area contributed by atoms with E-state index in [2.05, 4.69) is 0 Å². The molecule has 0 fully saturated rings. The minimum absolute atomic E-state index is 0.0238. The quantitative estimate of drug-likeness (QED) is 0.790. The Morgan fingerprint density at radius 1 is 1.28 bits per heavy atom. The highest BCUT2D eigenvalue weighted by atomic mass is 32.2.